The molecule has 0 spiro atoms. The molecule has 1 atom stereocenters. The number of esters is 1. The van der Waals surface area contributed by atoms with Crippen LogP contribution in [0.2, 0.25) is 0 Å². The molecule has 0 aliphatic carbocycles. The van der Waals surface area contributed by atoms with E-state index in [0.29, 0.717) is 12.2 Å². The van der Waals surface area contributed by atoms with Crippen molar-refractivity contribution >= 4 is 18.0 Å². The fourth-order valence-electron chi connectivity index (χ4n) is 2.73. The first-order chi connectivity index (χ1) is 13.7. The predicted octanol–water partition coefficient (Wildman–Crippen LogP) is 2.89. The van der Waals surface area contributed by atoms with Gasteiger partial charge in [0.2, 0.25) is 12.7 Å². The van der Waals surface area contributed by atoms with E-state index < -0.39 is 12.0 Å². The van der Waals surface area contributed by atoms with Crippen molar-refractivity contribution < 1.29 is 23.8 Å². The van der Waals surface area contributed by atoms with Gasteiger partial charge in [-0.25, -0.2) is 4.79 Å². The summed E-state index contributed by atoms with van der Waals surface area (Å²) in [5.74, 6) is 0.563. The second kappa shape index (κ2) is 9.41. The van der Waals surface area contributed by atoms with Crippen LogP contribution >= 0.6 is 0 Å². The summed E-state index contributed by atoms with van der Waals surface area (Å²) in [7, 11) is 1.30. The van der Waals surface area contributed by atoms with Gasteiger partial charge >= 0.3 is 5.97 Å². The molecular formula is C22H21NO5. The summed E-state index contributed by atoms with van der Waals surface area (Å²) in [4.78, 5) is 24.1. The molecule has 1 amide bonds. The van der Waals surface area contributed by atoms with Crippen molar-refractivity contribution in [2.75, 3.05) is 13.9 Å². The number of nitrogens with one attached hydrogen (secondary N) is 1. The van der Waals surface area contributed by atoms with Gasteiger partial charge in [-0.3, -0.25) is 4.79 Å². The second-order valence-electron chi connectivity index (χ2n) is 6.10. The lowest BCUT2D eigenvalue weighted by Gasteiger charge is -2.15. The molecule has 0 fully saturated rings. The van der Waals surface area contributed by atoms with Crippen molar-refractivity contribution in [2.45, 2.75) is 12.5 Å². The van der Waals surface area contributed by atoms with E-state index in [-0.39, 0.29) is 12.7 Å². The van der Waals surface area contributed by atoms with Gasteiger partial charge in [0.15, 0.2) is 11.5 Å². The summed E-state index contributed by atoms with van der Waals surface area (Å²) in [5, 5.41) is 2.68. The summed E-state index contributed by atoms with van der Waals surface area (Å²) in [6.07, 6.45) is 6.91. The van der Waals surface area contributed by atoms with Crippen molar-refractivity contribution in [3.8, 4) is 11.5 Å². The minimum atomic E-state index is -0.748. The Kier molecular flexibility index (Phi) is 6.46. The van der Waals surface area contributed by atoms with Crippen molar-refractivity contribution in [3.05, 3.63) is 77.9 Å². The number of ether oxygens (including phenoxy) is 3. The molecule has 1 aliphatic rings. The first-order valence-electron chi connectivity index (χ1n) is 8.82. The molecule has 0 bridgehead atoms. The van der Waals surface area contributed by atoms with E-state index in [0.717, 1.165) is 16.9 Å². The van der Waals surface area contributed by atoms with Crippen LogP contribution in [0.25, 0.3) is 6.08 Å². The van der Waals surface area contributed by atoms with Gasteiger partial charge in [-0.1, -0.05) is 54.6 Å². The van der Waals surface area contributed by atoms with Crippen LogP contribution in [0.4, 0.5) is 0 Å². The average molecular weight is 379 g/mol. The van der Waals surface area contributed by atoms with Gasteiger partial charge < -0.3 is 19.5 Å². The molecule has 0 aromatic heterocycles. The van der Waals surface area contributed by atoms with Gasteiger partial charge in [0.1, 0.15) is 6.04 Å². The number of carbonyl (C=O) groups is 2. The predicted molar refractivity (Wildman–Crippen MR) is 105 cm³/mol. The average Bonchev–Trinajstić information content (AvgIpc) is 3.19. The molecule has 0 saturated carbocycles. The number of hydrogen-bond donors (Lipinski definition) is 1. The summed E-state index contributed by atoms with van der Waals surface area (Å²) in [6.45, 7) is 0.229. The molecule has 144 valence electrons. The Morgan fingerprint density at radius 2 is 1.89 bits per heavy atom. The molecule has 3 rings (SSSR count). The molecule has 1 heterocycles. The number of allylic oxidation sites excluding steroid dienone is 2. The second-order valence-corrected chi connectivity index (χ2v) is 6.10. The van der Waals surface area contributed by atoms with Gasteiger partial charge in [-0.05, 0) is 23.3 Å². The molecule has 1 unspecified atom stereocenters. The molecule has 0 saturated heterocycles. The molecule has 2 aromatic rings. The number of carbonyl (C=O) groups excluding carboxylic acids is 2. The number of methoxy groups -OCH3 is 1. The van der Waals surface area contributed by atoms with Crippen LogP contribution in [0.1, 0.15) is 11.1 Å². The number of hydrogen-bond acceptors (Lipinski definition) is 5. The number of fused-ring (bicyclic) bond motifs is 1. The fraction of sp³-hybridized carbons (Fsp3) is 0.182. The van der Waals surface area contributed by atoms with E-state index in [1.165, 1.54) is 13.2 Å². The smallest absolute Gasteiger partial charge is 0.328 e. The summed E-state index contributed by atoms with van der Waals surface area (Å²) in [6, 6.07) is 14.3. The SMILES string of the molecule is COC(=O)C(Cc1ccccc1)NC(=O)/C=C/C=C/c1ccc2c(c1)OCO2. The fourth-order valence-corrected chi connectivity index (χ4v) is 2.73. The third-order valence-corrected chi connectivity index (χ3v) is 4.13. The molecule has 0 radical (unpaired) electrons. The topological polar surface area (TPSA) is 73.9 Å². The van der Waals surface area contributed by atoms with Gasteiger partial charge in [0.05, 0.1) is 7.11 Å². The minimum absolute atomic E-state index is 0.229. The van der Waals surface area contributed by atoms with Gasteiger partial charge in [0, 0.05) is 12.5 Å². The van der Waals surface area contributed by atoms with Gasteiger partial charge in [-0.2, -0.15) is 0 Å². The monoisotopic (exact) mass is 379 g/mol. The Labute approximate surface area is 163 Å². The molecular weight excluding hydrogens is 358 g/mol. The molecule has 28 heavy (non-hydrogen) atoms. The Morgan fingerprint density at radius 1 is 1.11 bits per heavy atom. The van der Waals surface area contributed by atoms with Crippen LogP contribution in [0.5, 0.6) is 11.5 Å². The Balaban J connectivity index is 1.56. The Bertz CT molecular complexity index is 889. The van der Waals surface area contributed by atoms with Crippen molar-refractivity contribution in [3.63, 3.8) is 0 Å². The minimum Gasteiger partial charge on any atom is -0.467 e. The highest BCUT2D eigenvalue weighted by atomic mass is 16.7. The number of benzene rings is 2. The zero-order valence-electron chi connectivity index (χ0n) is 15.5. The maximum absolute atomic E-state index is 12.2. The van der Waals surface area contributed by atoms with Gasteiger partial charge in [-0.15, -0.1) is 0 Å². The summed E-state index contributed by atoms with van der Waals surface area (Å²) >= 11 is 0. The Morgan fingerprint density at radius 3 is 2.68 bits per heavy atom. The summed E-state index contributed by atoms with van der Waals surface area (Å²) in [5.41, 5.74) is 1.86. The first-order valence-corrected chi connectivity index (χ1v) is 8.82. The van der Waals surface area contributed by atoms with E-state index in [4.69, 9.17) is 14.2 Å². The van der Waals surface area contributed by atoms with Crippen LogP contribution in [0, 0.1) is 0 Å². The largest absolute Gasteiger partial charge is 0.467 e. The lowest BCUT2D eigenvalue weighted by molar-refractivity contribution is -0.144. The lowest BCUT2D eigenvalue weighted by atomic mass is 10.1. The van der Waals surface area contributed by atoms with Crippen LogP contribution in [-0.2, 0) is 20.7 Å². The van der Waals surface area contributed by atoms with Crippen LogP contribution in [0.15, 0.2) is 66.8 Å². The molecule has 6 nitrogen and oxygen atoms in total. The van der Waals surface area contributed by atoms with E-state index in [9.17, 15) is 9.59 Å². The zero-order valence-corrected chi connectivity index (χ0v) is 15.5. The van der Waals surface area contributed by atoms with Gasteiger partial charge in [0.25, 0.3) is 0 Å². The molecule has 2 aromatic carbocycles. The van der Waals surface area contributed by atoms with Crippen molar-refractivity contribution in [1.29, 1.82) is 0 Å². The van der Waals surface area contributed by atoms with Crippen molar-refractivity contribution in [2.24, 2.45) is 0 Å². The zero-order chi connectivity index (χ0) is 19.8. The number of amides is 1. The van der Waals surface area contributed by atoms with E-state index in [1.807, 2.05) is 54.6 Å². The standard InChI is InChI=1S/C22H21NO5/c1-26-22(25)18(13-16-7-3-2-4-8-16)23-21(24)10-6-5-9-17-11-12-19-20(14-17)28-15-27-19/h2-12,14,18H,13,15H2,1H3,(H,23,24)/b9-5+,10-6+. The van der Waals surface area contributed by atoms with Crippen LogP contribution < -0.4 is 14.8 Å². The van der Waals surface area contributed by atoms with E-state index in [1.54, 1.807) is 12.2 Å². The maximum atomic E-state index is 12.2. The number of rotatable bonds is 7. The highest BCUT2D eigenvalue weighted by Gasteiger charge is 2.20. The highest BCUT2D eigenvalue weighted by Crippen LogP contribution is 2.32. The van der Waals surface area contributed by atoms with E-state index >= 15 is 0 Å². The third-order valence-electron chi connectivity index (χ3n) is 4.13. The highest BCUT2D eigenvalue weighted by molar-refractivity contribution is 5.91. The van der Waals surface area contributed by atoms with E-state index in [2.05, 4.69) is 5.32 Å². The lowest BCUT2D eigenvalue weighted by Crippen LogP contribution is -2.42. The van der Waals surface area contributed by atoms with Crippen molar-refractivity contribution in [1.82, 2.24) is 5.32 Å². The molecule has 1 N–H and O–H groups in total. The third kappa shape index (κ3) is 5.23. The molecule has 1 aliphatic heterocycles. The summed E-state index contributed by atoms with van der Waals surface area (Å²) < 4.78 is 15.4. The first kappa shape index (κ1) is 19.2. The normalized spacial score (nSPS) is 13.6. The molecule has 6 heteroatoms. The quantitative estimate of drug-likeness (QED) is 0.455. The van der Waals surface area contributed by atoms with Crippen LogP contribution in [-0.4, -0.2) is 31.8 Å². The van der Waals surface area contributed by atoms with Crippen LogP contribution in [0.3, 0.4) is 0 Å². The maximum Gasteiger partial charge on any atom is 0.328 e. The Hall–Kier alpha value is -3.54.